The van der Waals surface area contributed by atoms with Crippen LogP contribution in [0, 0.1) is 5.92 Å². The van der Waals surface area contributed by atoms with Crippen LogP contribution in [0.3, 0.4) is 0 Å². The predicted molar refractivity (Wildman–Crippen MR) is 114 cm³/mol. The van der Waals surface area contributed by atoms with Gasteiger partial charge in [0.25, 0.3) is 0 Å². The molecule has 0 bridgehead atoms. The first-order valence-corrected chi connectivity index (χ1v) is 10.2. The molecule has 0 radical (unpaired) electrons. The van der Waals surface area contributed by atoms with Crippen molar-refractivity contribution in [1.82, 2.24) is 10.6 Å². The summed E-state index contributed by atoms with van der Waals surface area (Å²) in [7, 11) is 0. The molecule has 2 aromatic carbocycles. The van der Waals surface area contributed by atoms with Crippen LogP contribution in [-0.4, -0.2) is 17.8 Å². The van der Waals surface area contributed by atoms with Crippen LogP contribution in [0.1, 0.15) is 36.4 Å². The number of nitrogens with two attached hydrogens (primary N) is 1. The molecule has 1 aliphatic rings. The van der Waals surface area contributed by atoms with E-state index in [1.807, 2.05) is 48.5 Å². The van der Waals surface area contributed by atoms with Crippen molar-refractivity contribution in [2.24, 2.45) is 11.7 Å². The Bertz CT molecular complexity index is 914. The number of amides is 4. The standard InChI is InChI=1S/C21H23BrN4O3/c22-16-5-2-4-15(10-16)18(26-21(23)29)11-19(27)24-12-13-3-1-6-17(9-13)25-20(28)14-7-8-14/h1-6,9-10,14,18H,7-8,11-12H2,(H,24,27)(H,25,28)(H3,23,26,29)/t18-/m0/s1. The molecule has 1 aliphatic carbocycles. The van der Waals surface area contributed by atoms with Crippen molar-refractivity contribution in [1.29, 1.82) is 0 Å². The molecule has 0 spiro atoms. The van der Waals surface area contributed by atoms with Crippen molar-refractivity contribution in [3.05, 3.63) is 64.1 Å². The third kappa shape index (κ3) is 6.60. The normalized spacial score (nSPS) is 14.0. The zero-order valence-corrected chi connectivity index (χ0v) is 17.4. The summed E-state index contributed by atoms with van der Waals surface area (Å²) in [5, 5.41) is 8.35. The molecule has 0 unspecified atom stereocenters. The average Bonchev–Trinajstić information content (AvgIpc) is 3.51. The third-order valence-corrected chi connectivity index (χ3v) is 5.08. The summed E-state index contributed by atoms with van der Waals surface area (Å²) in [6.45, 7) is 0.313. The second-order valence-corrected chi connectivity index (χ2v) is 7.98. The van der Waals surface area contributed by atoms with Crippen LogP contribution in [0.15, 0.2) is 53.0 Å². The Hall–Kier alpha value is -2.87. The largest absolute Gasteiger partial charge is 0.352 e. The summed E-state index contributed by atoms with van der Waals surface area (Å²) in [6.07, 6.45) is 1.94. The van der Waals surface area contributed by atoms with Gasteiger partial charge >= 0.3 is 6.03 Å². The summed E-state index contributed by atoms with van der Waals surface area (Å²) in [5.41, 5.74) is 7.63. The van der Waals surface area contributed by atoms with Crippen LogP contribution in [0.25, 0.3) is 0 Å². The summed E-state index contributed by atoms with van der Waals surface area (Å²) >= 11 is 3.39. The minimum Gasteiger partial charge on any atom is -0.352 e. The molecule has 1 atom stereocenters. The van der Waals surface area contributed by atoms with E-state index in [1.165, 1.54) is 0 Å². The number of anilines is 1. The summed E-state index contributed by atoms with van der Waals surface area (Å²) in [5.74, 6) is -0.0530. The monoisotopic (exact) mass is 458 g/mol. The number of primary amides is 1. The van der Waals surface area contributed by atoms with Gasteiger partial charge in [0.2, 0.25) is 11.8 Å². The first-order valence-electron chi connectivity index (χ1n) is 9.38. The Kier molecular flexibility index (Phi) is 6.87. The molecular formula is C21H23BrN4O3. The van der Waals surface area contributed by atoms with E-state index in [4.69, 9.17) is 5.73 Å². The topological polar surface area (TPSA) is 113 Å². The third-order valence-electron chi connectivity index (χ3n) is 4.59. The van der Waals surface area contributed by atoms with Gasteiger partial charge in [0.1, 0.15) is 0 Å². The molecular weight excluding hydrogens is 436 g/mol. The fraction of sp³-hybridized carbons (Fsp3) is 0.286. The van der Waals surface area contributed by atoms with E-state index in [1.54, 1.807) is 0 Å². The lowest BCUT2D eigenvalue weighted by Crippen LogP contribution is -2.36. The van der Waals surface area contributed by atoms with Crippen molar-refractivity contribution >= 4 is 39.5 Å². The van der Waals surface area contributed by atoms with Crippen molar-refractivity contribution in [2.75, 3.05) is 5.32 Å². The highest BCUT2D eigenvalue weighted by molar-refractivity contribution is 9.10. The van der Waals surface area contributed by atoms with Crippen molar-refractivity contribution in [3.8, 4) is 0 Å². The summed E-state index contributed by atoms with van der Waals surface area (Å²) < 4.78 is 0.844. The number of carbonyl (C=O) groups excluding carboxylic acids is 3. The van der Waals surface area contributed by atoms with Gasteiger partial charge in [0.15, 0.2) is 0 Å². The van der Waals surface area contributed by atoms with Gasteiger partial charge in [0, 0.05) is 22.6 Å². The van der Waals surface area contributed by atoms with Crippen LogP contribution in [-0.2, 0) is 16.1 Å². The lowest BCUT2D eigenvalue weighted by Gasteiger charge is -2.18. The van der Waals surface area contributed by atoms with Gasteiger partial charge in [-0.15, -0.1) is 0 Å². The lowest BCUT2D eigenvalue weighted by atomic mass is 10.0. The molecule has 7 nitrogen and oxygen atoms in total. The highest BCUT2D eigenvalue weighted by Gasteiger charge is 2.29. The summed E-state index contributed by atoms with van der Waals surface area (Å²) in [6, 6.07) is 13.5. The summed E-state index contributed by atoms with van der Waals surface area (Å²) in [4.78, 5) is 35.7. The first kappa shape index (κ1) is 20.9. The SMILES string of the molecule is NC(=O)N[C@@H](CC(=O)NCc1cccc(NC(=O)C2CC2)c1)c1cccc(Br)c1. The second-order valence-electron chi connectivity index (χ2n) is 7.06. The highest BCUT2D eigenvalue weighted by atomic mass is 79.9. The van der Waals surface area contributed by atoms with Crippen LogP contribution < -0.4 is 21.7 Å². The first-order chi connectivity index (χ1) is 13.9. The quantitative estimate of drug-likeness (QED) is 0.486. The lowest BCUT2D eigenvalue weighted by molar-refractivity contribution is -0.121. The molecule has 5 N–H and O–H groups in total. The molecule has 152 valence electrons. The van der Waals surface area contributed by atoms with Gasteiger partial charge in [-0.05, 0) is 48.2 Å². The van der Waals surface area contributed by atoms with E-state index in [2.05, 4.69) is 31.9 Å². The number of hydrogen-bond donors (Lipinski definition) is 4. The molecule has 29 heavy (non-hydrogen) atoms. The zero-order chi connectivity index (χ0) is 20.8. The predicted octanol–water partition coefficient (Wildman–Crippen LogP) is 3.21. The average molecular weight is 459 g/mol. The number of rotatable bonds is 8. The second kappa shape index (κ2) is 9.56. The van der Waals surface area contributed by atoms with Gasteiger partial charge in [-0.2, -0.15) is 0 Å². The minimum absolute atomic E-state index is 0.0422. The van der Waals surface area contributed by atoms with Gasteiger partial charge < -0.3 is 21.7 Å². The van der Waals surface area contributed by atoms with Crippen molar-refractivity contribution < 1.29 is 14.4 Å². The van der Waals surface area contributed by atoms with Crippen molar-refractivity contribution in [2.45, 2.75) is 31.8 Å². The Morgan fingerprint density at radius 3 is 2.55 bits per heavy atom. The number of carbonyl (C=O) groups is 3. The van der Waals surface area contributed by atoms with E-state index in [9.17, 15) is 14.4 Å². The zero-order valence-electron chi connectivity index (χ0n) is 15.8. The Morgan fingerprint density at radius 2 is 1.86 bits per heavy atom. The van der Waals surface area contributed by atoms with Gasteiger partial charge in [-0.3, -0.25) is 9.59 Å². The van der Waals surface area contributed by atoms with Crippen LogP contribution in [0.4, 0.5) is 10.5 Å². The number of hydrogen-bond acceptors (Lipinski definition) is 3. The Morgan fingerprint density at radius 1 is 1.10 bits per heavy atom. The smallest absolute Gasteiger partial charge is 0.312 e. The van der Waals surface area contributed by atoms with Gasteiger partial charge in [0.05, 0.1) is 12.5 Å². The van der Waals surface area contributed by atoms with Gasteiger partial charge in [-0.25, -0.2) is 4.79 Å². The number of halogens is 1. The molecule has 0 heterocycles. The van der Waals surface area contributed by atoms with Crippen LogP contribution >= 0.6 is 15.9 Å². The van der Waals surface area contributed by atoms with E-state index in [0.29, 0.717) is 6.54 Å². The van der Waals surface area contributed by atoms with E-state index in [-0.39, 0.29) is 24.2 Å². The Balaban J connectivity index is 1.57. The van der Waals surface area contributed by atoms with E-state index in [0.717, 1.165) is 34.1 Å². The van der Waals surface area contributed by atoms with Crippen LogP contribution in [0.5, 0.6) is 0 Å². The number of benzene rings is 2. The van der Waals surface area contributed by atoms with E-state index < -0.39 is 12.1 Å². The molecule has 1 fully saturated rings. The number of urea groups is 1. The Labute approximate surface area is 177 Å². The molecule has 0 aliphatic heterocycles. The molecule has 4 amide bonds. The molecule has 0 aromatic heterocycles. The maximum Gasteiger partial charge on any atom is 0.312 e. The molecule has 2 aromatic rings. The highest BCUT2D eigenvalue weighted by Crippen LogP contribution is 2.30. The maximum absolute atomic E-state index is 12.4. The minimum atomic E-state index is -0.693. The maximum atomic E-state index is 12.4. The molecule has 8 heteroatoms. The molecule has 3 rings (SSSR count). The fourth-order valence-electron chi connectivity index (χ4n) is 2.95. The fourth-order valence-corrected chi connectivity index (χ4v) is 3.37. The van der Waals surface area contributed by atoms with Crippen LogP contribution in [0.2, 0.25) is 0 Å². The van der Waals surface area contributed by atoms with Crippen molar-refractivity contribution in [3.63, 3.8) is 0 Å². The van der Waals surface area contributed by atoms with Gasteiger partial charge in [-0.1, -0.05) is 40.2 Å². The molecule has 0 saturated heterocycles. The molecule has 1 saturated carbocycles. The van der Waals surface area contributed by atoms with E-state index >= 15 is 0 Å². The number of nitrogens with one attached hydrogen (secondary N) is 3.